The molecule has 2 aromatic heterocycles. The molecular weight excluding hydrogens is 545 g/mol. The van der Waals surface area contributed by atoms with Gasteiger partial charge in [-0.1, -0.05) is 54.1 Å². The fourth-order valence-electron chi connectivity index (χ4n) is 4.45. The van der Waals surface area contributed by atoms with Gasteiger partial charge in [-0.3, -0.25) is 4.98 Å². The zero-order valence-electron chi connectivity index (χ0n) is 22.6. The lowest BCUT2D eigenvalue weighted by Crippen LogP contribution is -2.30. The van der Waals surface area contributed by atoms with Crippen LogP contribution in [-0.2, 0) is 6.54 Å². The Kier molecular flexibility index (Phi) is 8.42. The van der Waals surface area contributed by atoms with E-state index in [0.29, 0.717) is 39.7 Å². The number of carbonyl (C=O) groups is 1. The molecule has 0 aliphatic carbocycles. The molecule has 0 saturated carbocycles. The molecule has 0 radical (unpaired) electrons. The van der Waals surface area contributed by atoms with Gasteiger partial charge in [-0.05, 0) is 64.9 Å². The highest BCUT2D eigenvalue weighted by Crippen LogP contribution is 2.37. The van der Waals surface area contributed by atoms with Crippen LogP contribution in [0.15, 0.2) is 91.1 Å². The Balaban J connectivity index is 1.55. The van der Waals surface area contributed by atoms with Gasteiger partial charge in [0.05, 0.1) is 30.0 Å². The highest BCUT2D eigenvalue weighted by Gasteiger charge is 2.29. The summed E-state index contributed by atoms with van der Waals surface area (Å²) in [5.41, 5.74) is 5.09. The summed E-state index contributed by atoms with van der Waals surface area (Å²) in [4.78, 5) is 19.0. The van der Waals surface area contributed by atoms with Gasteiger partial charge in [-0.15, -0.1) is 5.10 Å². The second-order valence-corrected chi connectivity index (χ2v) is 9.58. The Hall–Kier alpha value is -5.26. The topological polar surface area (TPSA) is 112 Å². The van der Waals surface area contributed by atoms with E-state index in [1.807, 2.05) is 43.3 Å². The number of hydrogen-bond acceptors (Lipinski definition) is 6. The number of hydrogen-bond donors (Lipinski definition) is 3. The van der Waals surface area contributed by atoms with Gasteiger partial charge >= 0.3 is 12.2 Å². The van der Waals surface area contributed by atoms with Gasteiger partial charge in [-0.2, -0.15) is 13.2 Å². The van der Waals surface area contributed by atoms with Gasteiger partial charge in [0.2, 0.25) is 0 Å². The number of nitrogens with zero attached hydrogens (tertiary/aromatic N) is 5. The fourth-order valence-corrected chi connectivity index (χ4v) is 4.45. The number of aryl methyl sites for hydroxylation is 1. The van der Waals surface area contributed by atoms with Crippen molar-refractivity contribution in [2.24, 2.45) is 0 Å². The van der Waals surface area contributed by atoms with E-state index in [9.17, 15) is 18.0 Å². The number of anilines is 3. The summed E-state index contributed by atoms with van der Waals surface area (Å²) in [6.45, 7) is 1.70. The Morgan fingerprint density at radius 2 is 1.69 bits per heavy atom. The van der Waals surface area contributed by atoms with Crippen LogP contribution in [0.1, 0.15) is 17.7 Å². The van der Waals surface area contributed by atoms with E-state index >= 15 is 0 Å². The van der Waals surface area contributed by atoms with Gasteiger partial charge in [0.25, 0.3) is 0 Å². The van der Waals surface area contributed by atoms with Crippen LogP contribution in [0.5, 0.6) is 0 Å². The number of tetrazole rings is 1. The molecule has 2 amide bonds. The van der Waals surface area contributed by atoms with Crippen LogP contribution >= 0.6 is 0 Å². The number of aromatic nitrogens is 5. The fraction of sp³-hybridized carbons (Fsp3) is 0.167. The molecule has 0 atom stereocenters. The number of alkyl halides is 3. The summed E-state index contributed by atoms with van der Waals surface area (Å²) in [6, 6.07) is 24.6. The lowest BCUT2D eigenvalue weighted by Gasteiger charge is -2.28. The van der Waals surface area contributed by atoms with E-state index in [0.717, 1.165) is 11.1 Å². The van der Waals surface area contributed by atoms with Gasteiger partial charge in [0.15, 0.2) is 5.82 Å². The predicted octanol–water partition coefficient (Wildman–Crippen LogP) is 6.84. The van der Waals surface area contributed by atoms with Gasteiger partial charge in [-0.25, -0.2) is 9.89 Å². The first-order valence-electron chi connectivity index (χ1n) is 13.1. The van der Waals surface area contributed by atoms with Crippen LogP contribution in [0.2, 0.25) is 0 Å². The first kappa shape index (κ1) is 28.3. The minimum Gasteiger partial charge on any atom is -0.364 e. The van der Waals surface area contributed by atoms with Crippen LogP contribution in [0, 0.1) is 6.92 Å². The van der Waals surface area contributed by atoms with Crippen LogP contribution in [0.25, 0.3) is 22.5 Å². The minimum absolute atomic E-state index is 0.102. The summed E-state index contributed by atoms with van der Waals surface area (Å²) in [5, 5.41) is 19.7. The lowest BCUT2D eigenvalue weighted by molar-refractivity contribution is -0.132. The van der Waals surface area contributed by atoms with Gasteiger partial charge < -0.3 is 15.5 Å². The molecule has 2 heterocycles. The molecule has 214 valence electrons. The molecule has 3 N–H and O–H groups in total. The second kappa shape index (κ2) is 12.5. The minimum atomic E-state index is -4.37. The van der Waals surface area contributed by atoms with E-state index < -0.39 is 18.6 Å². The molecule has 0 aliphatic rings. The maximum absolute atomic E-state index is 13.4. The second-order valence-electron chi connectivity index (χ2n) is 9.58. The number of pyridine rings is 1. The molecule has 42 heavy (non-hydrogen) atoms. The molecule has 5 aromatic rings. The lowest BCUT2D eigenvalue weighted by atomic mass is 9.98. The SMILES string of the molecule is Cc1ccc(NC(=O)Nc2cc(-c3ccccc3-c3nnn[nH]3)ccc2N(CCC(F)(F)F)Cc2ccccn2)cc1. The van der Waals surface area contributed by atoms with Crippen molar-refractivity contribution in [1.82, 2.24) is 25.6 Å². The third-order valence-electron chi connectivity index (χ3n) is 6.48. The van der Waals surface area contributed by atoms with E-state index in [-0.39, 0.29) is 13.1 Å². The van der Waals surface area contributed by atoms with Gasteiger partial charge in [0, 0.05) is 24.0 Å². The maximum Gasteiger partial charge on any atom is 0.390 e. The van der Waals surface area contributed by atoms with Crippen molar-refractivity contribution >= 4 is 23.1 Å². The van der Waals surface area contributed by atoms with E-state index in [2.05, 4.69) is 36.2 Å². The number of halogens is 3. The third kappa shape index (κ3) is 7.27. The number of nitrogens with one attached hydrogen (secondary N) is 3. The van der Waals surface area contributed by atoms with Crippen molar-refractivity contribution in [3.63, 3.8) is 0 Å². The molecule has 0 bridgehead atoms. The summed E-state index contributed by atoms with van der Waals surface area (Å²) < 4.78 is 40.1. The molecule has 5 rings (SSSR count). The maximum atomic E-state index is 13.4. The van der Waals surface area contributed by atoms with Crippen LogP contribution in [-0.4, -0.2) is 44.4 Å². The third-order valence-corrected chi connectivity index (χ3v) is 6.48. The number of benzene rings is 3. The first-order chi connectivity index (χ1) is 20.2. The first-order valence-corrected chi connectivity index (χ1v) is 13.1. The number of amides is 2. The Morgan fingerprint density at radius 1 is 0.929 bits per heavy atom. The quantitative estimate of drug-likeness (QED) is 0.178. The molecule has 9 nitrogen and oxygen atoms in total. The number of urea groups is 1. The Morgan fingerprint density at radius 3 is 2.38 bits per heavy atom. The van der Waals surface area contributed by atoms with Crippen molar-refractivity contribution in [3.05, 3.63) is 102 Å². The Labute approximate surface area is 239 Å². The van der Waals surface area contributed by atoms with Crippen molar-refractivity contribution in [2.45, 2.75) is 26.1 Å². The Bertz CT molecular complexity index is 1630. The summed E-state index contributed by atoms with van der Waals surface area (Å²) in [6.07, 6.45) is -3.83. The molecule has 3 aromatic carbocycles. The van der Waals surface area contributed by atoms with Crippen molar-refractivity contribution < 1.29 is 18.0 Å². The summed E-state index contributed by atoms with van der Waals surface area (Å²) in [7, 11) is 0. The highest BCUT2D eigenvalue weighted by molar-refractivity contribution is 6.02. The number of carbonyl (C=O) groups excluding carboxylic acids is 1. The molecule has 12 heteroatoms. The number of H-pyrrole nitrogens is 1. The highest BCUT2D eigenvalue weighted by atomic mass is 19.4. The van der Waals surface area contributed by atoms with E-state index in [1.165, 1.54) is 0 Å². The summed E-state index contributed by atoms with van der Waals surface area (Å²) >= 11 is 0. The van der Waals surface area contributed by atoms with Crippen LogP contribution in [0.4, 0.5) is 35.0 Å². The smallest absolute Gasteiger partial charge is 0.364 e. The monoisotopic (exact) mass is 572 g/mol. The van der Waals surface area contributed by atoms with Crippen molar-refractivity contribution in [3.8, 4) is 22.5 Å². The van der Waals surface area contributed by atoms with Crippen molar-refractivity contribution in [1.29, 1.82) is 0 Å². The number of rotatable bonds is 9. The van der Waals surface area contributed by atoms with Gasteiger partial charge in [0.1, 0.15) is 0 Å². The zero-order valence-corrected chi connectivity index (χ0v) is 22.6. The molecule has 0 unspecified atom stereocenters. The zero-order chi connectivity index (χ0) is 29.5. The largest absolute Gasteiger partial charge is 0.390 e. The predicted molar refractivity (Wildman–Crippen MR) is 155 cm³/mol. The molecule has 0 aliphatic heterocycles. The van der Waals surface area contributed by atoms with E-state index in [1.54, 1.807) is 59.6 Å². The van der Waals surface area contributed by atoms with Crippen LogP contribution in [0.3, 0.4) is 0 Å². The standard InChI is InChI=1S/C30H27F3N8O/c1-20-9-12-22(13-10-20)35-29(42)36-26-18-21(24-7-2-3-8-25(24)28-37-39-40-38-28)11-14-27(26)41(17-15-30(31,32)33)19-23-6-4-5-16-34-23/h2-14,16,18H,15,17,19H2,1H3,(H2,35,36,42)(H,37,38,39,40). The molecule has 0 fully saturated rings. The van der Waals surface area contributed by atoms with E-state index in [4.69, 9.17) is 0 Å². The normalized spacial score (nSPS) is 11.2. The average molecular weight is 573 g/mol. The summed E-state index contributed by atoms with van der Waals surface area (Å²) in [5.74, 6) is 0.447. The van der Waals surface area contributed by atoms with Crippen LogP contribution < -0.4 is 15.5 Å². The molecular formula is C30H27F3N8O. The average Bonchev–Trinajstić information content (AvgIpc) is 3.52. The molecule has 0 spiro atoms. The molecule has 0 saturated heterocycles. The number of aromatic amines is 1. The van der Waals surface area contributed by atoms with Crippen molar-refractivity contribution in [2.75, 3.05) is 22.1 Å².